The van der Waals surface area contributed by atoms with Crippen LogP contribution in [0.3, 0.4) is 0 Å². The maximum absolute atomic E-state index is 12.2. The van der Waals surface area contributed by atoms with Gasteiger partial charge in [0.05, 0.1) is 0 Å². The largest absolute Gasteiger partial charge is 0.349 e. The lowest BCUT2D eigenvalue weighted by Crippen LogP contribution is -2.52. The summed E-state index contributed by atoms with van der Waals surface area (Å²) in [5.74, 6) is 2.50. The monoisotopic (exact) mass is 238 g/mol. The zero-order chi connectivity index (χ0) is 12.6. The summed E-state index contributed by atoms with van der Waals surface area (Å²) in [6.07, 6.45) is 4.79. The van der Waals surface area contributed by atoms with Gasteiger partial charge >= 0.3 is 0 Å². The third-order valence-electron chi connectivity index (χ3n) is 4.44. The van der Waals surface area contributed by atoms with Crippen molar-refractivity contribution in [3.63, 3.8) is 0 Å². The SMILES string of the molecule is CC(C)CC(C)(CN)NC(=O)C1C2CCCC21. The van der Waals surface area contributed by atoms with Gasteiger partial charge in [0.25, 0.3) is 0 Å². The van der Waals surface area contributed by atoms with E-state index in [9.17, 15) is 4.79 Å². The van der Waals surface area contributed by atoms with Crippen molar-refractivity contribution in [3.05, 3.63) is 0 Å². The summed E-state index contributed by atoms with van der Waals surface area (Å²) in [5.41, 5.74) is 5.61. The van der Waals surface area contributed by atoms with Gasteiger partial charge in [0, 0.05) is 18.0 Å². The second-order valence-electron chi connectivity index (χ2n) is 6.64. The van der Waals surface area contributed by atoms with E-state index in [0.29, 0.717) is 30.2 Å². The molecule has 0 saturated heterocycles. The van der Waals surface area contributed by atoms with Crippen LogP contribution in [0.25, 0.3) is 0 Å². The van der Waals surface area contributed by atoms with E-state index in [1.54, 1.807) is 0 Å². The van der Waals surface area contributed by atoms with E-state index in [1.807, 2.05) is 0 Å². The van der Waals surface area contributed by atoms with Gasteiger partial charge in [-0.1, -0.05) is 20.3 Å². The first kappa shape index (κ1) is 12.9. The van der Waals surface area contributed by atoms with Gasteiger partial charge in [-0.25, -0.2) is 0 Å². The summed E-state index contributed by atoms with van der Waals surface area (Å²) in [4.78, 5) is 12.2. The third-order valence-corrected chi connectivity index (χ3v) is 4.44. The van der Waals surface area contributed by atoms with Crippen molar-refractivity contribution < 1.29 is 4.79 Å². The average molecular weight is 238 g/mol. The van der Waals surface area contributed by atoms with Gasteiger partial charge in [-0.3, -0.25) is 4.79 Å². The average Bonchev–Trinajstić information content (AvgIpc) is 2.72. The number of hydrogen-bond acceptors (Lipinski definition) is 2. The van der Waals surface area contributed by atoms with Crippen LogP contribution >= 0.6 is 0 Å². The Bertz CT molecular complexity index is 293. The summed E-state index contributed by atoms with van der Waals surface area (Å²) in [7, 11) is 0. The van der Waals surface area contributed by atoms with Crippen LogP contribution in [0.15, 0.2) is 0 Å². The topological polar surface area (TPSA) is 55.1 Å². The van der Waals surface area contributed by atoms with Crippen LogP contribution in [0.2, 0.25) is 0 Å². The van der Waals surface area contributed by atoms with E-state index in [2.05, 4.69) is 26.1 Å². The van der Waals surface area contributed by atoms with Gasteiger partial charge in [-0.2, -0.15) is 0 Å². The molecule has 2 saturated carbocycles. The predicted molar refractivity (Wildman–Crippen MR) is 69.4 cm³/mol. The summed E-state index contributed by atoms with van der Waals surface area (Å²) in [5, 5.41) is 3.20. The van der Waals surface area contributed by atoms with Crippen molar-refractivity contribution in [2.45, 2.75) is 52.0 Å². The number of rotatable bonds is 5. The quantitative estimate of drug-likeness (QED) is 0.768. The van der Waals surface area contributed by atoms with E-state index < -0.39 is 0 Å². The van der Waals surface area contributed by atoms with Crippen molar-refractivity contribution in [3.8, 4) is 0 Å². The number of nitrogens with one attached hydrogen (secondary N) is 1. The molecular weight excluding hydrogens is 212 g/mol. The Balaban J connectivity index is 1.88. The minimum absolute atomic E-state index is 0.220. The molecule has 2 rings (SSSR count). The number of amides is 1. The van der Waals surface area contributed by atoms with Gasteiger partial charge in [-0.15, -0.1) is 0 Å². The zero-order valence-corrected chi connectivity index (χ0v) is 11.3. The van der Waals surface area contributed by atoms with Gasteiger partial charge in [0.2, 0.25) is 5.91 Å². The lowest BCUT2D eigenvalue weighted by molar-refractivity contribution is -0.125. The number of carbonyl (C=O) groups excluding carboxylic acids is 1. The number of fused-ring (bicyclic) bond motifs is 1. The molecule has 3 nitrogen and oxygen atoms in total. The van der Waals surface area contributed by atoms with Crippen molar-refractivity contribution in [1.82, 2.24) is 5.32 Å². The maximum atomic E-state index is 12.2. The molecule has 2 aliphatic rings. The minimum Gasteiger partial charge on any atom is -0.349 e. The summed E-state index contributed by atoms with van der Waals surface area (Å²) in [6, 6.07) is 0. The van der Waals surface area contributed by atoms with Crippen LogP contribution in [0.1, 0.15) is 46.5 Å². The fraction of sp³-hybridized carbons (Fsp3) is 0.929. The van der Waals surface area contributed by atoms with Crippen molar-refractivity contribution in [2.75, 3.05) is 6.54 Å². The molecule has 0 aromatic heterocycles. The van der Waals surface area contributed by atoms with Gasteiger partial charge in [0.1, 0.15) is 0 Å². The van der Waals surface area contributed by atoms with Crippen LogP contribution in [0.4, 0.5) is 0 Å². The second-order valence-corrected chi connectivity index (χ2v) is 6.64. The summed E-state index contributed by atoms with van der Waals surface area (Å²) < 4.78 is 0. The predicted octanol–water partition coefficient (Wildman–Crippen LogP) is 1.91. The normalized spacial score (nSPS) is 34.3. The first-order valence-corrected chi connectivity index (χ1v) is 6.99. The van der Waals surface area contributed by atoms with Crippen LogP contribution in [0, 0.1) is 23.7 Å². The highest BCUT2D eigenvalue weighted by molar-refractivity contribution is 5.83. The van der Waals surface area contributed by atoms with Gasteiger partial charge in [0.15, 0.2) is 0 Å². The molecule has 2 fully saturated rings. The molecule has 3 atom stereocenters. The highest BCUT2D eigenvalue weighted by atomic mass is 16.2. The molecule has 0 heterocycles. The maximum Gasteiger partial charge on any atom is 0.224 e. The molecule has 3 N–H and O–H groups in total. The van der Waals surface area contributed by atoms with Gasteiger partial charge in [-0.05, 0) is 43.9 Å². The molecule has 0 spiro atoms. The molecule has 98 valence electrons. The minimum atomic E-state index is -0.220. The van der Waals surface area contributed by atoms with Crippen LogP contribution in [0.5, 0.6) is 0 Å². The Morgan fingerprint density at radius 2 is 2.00 bits per heavy atom. The van der Waals surface area contributed by atoms with Gasteiger partial charge < -0.3 is 11.1 Å². The molecule has 0 aliphatic heterocycles. The molecule has 0 aromatic carbocycles. The lowest BCUT2D eigenvalue weighted by atomic mass is 9.90. The molecule has 3 unspecified atom stereocenters. The van der Waals surface area contributed by atoms with E-state index in [0.717, 1.165) is 6.42 Å². The molecule has 17 heavy (non-hydrogen) atoms. The Labute approximate surface area is 105 Å². The summed E-state index contributed by atoms with van der Waals surface area (Å²) >= 11 is 0. The Morgan fingerprint density at radius 3 is 2.47 bits per heavy atom. The molecule has 3 heteroatoms. The lowest BCUT2D eigenvalue weighted by Gasteiger charge is -2.31. The Kier molecular flexibility index (Phi) is 3.48. The van der Waals surface area contributed by atoms with Crippen LogP contribution < -0.4 is 11.1 Å². The molecule has 0 aromatic rings. The van der Waals surface area contributed by atoms with Crippen molar-refractivity contribution in [1.29, 1.82) is 0 Å². The standard InChI is InChI=1S/C14H26N2O/c1-9(2)7-14(3,8-15)16-13(17)12-10-5-4-6-11(10)12/h9-12H,4-8,15H2,1-3H3,(H,16,17). The highest BCUT2D eigenvalue weighted by Gasteiger charge is 2.57. The Hall–Kier alpha value is -0.570. The highest BCUT2D eigenvalue weighted by Crippen LogP contribution is 2.57. The second kappa shape index (κ2) is 4.60. The molecule has 0 bridgehead atoms. The molecule has 0 radical (unpaired) electrons. The van der Waals surface area contributed by atoms with E-state index in [1.165, 1.54) is 19.3 Å². The number of hydrogen-bond donors (Lipinski definition) is 2. The number of nitrogens with two attached hydrogens (primary N) is 1. The van der Waals surface area contributed by atoms with E-state index in [-0.39, 0.29) is 11.4 Å². The molecule has 1 amide bonds. The van der Waals surface area contributed by atoms with E-state index >= 15 is 0 Å². The van der Waals surface area contributed by atoms with E-state index in [4.69, 9.17) is 5.73 Å². The van der Waals surface area contributed by atoms with Crippen LogP contribution in [-0.4, -0.2) is 18.0 Å². The third kappa shape index (κ3) is 2.65. The number of carbonyl (C=O) groups is 1. The van der Waals surface area contributed by atoms with Crippen LogP contribution in [-0.2, 0) is 4.79 Å². The first-order chi connectivity index (χ1) is 7.97. The van der Waals surface area contributed by atoms with Crippen molar-refractivity contribution in [2.24, 2.45) is 29.4 Å². The van der Waals surface area contributed by atoms with Crippen molar-refractivity contribution >= 4 is 5.91 Å². The molecular formula is C14H26N2O. The first-order valence-electron chi connectivity index (χ1n) is 6.99. The fourth-order valence-electron chi connectivity index (χ4n) is 3.68. The summed E-state index contributed by atoms with van der Waals surface area (Å²) in [6.45, 7) is 6.94. The Morgan fingerprint density at radius 1 is 1.41 bits per heavy atom. The molecule has 2 aliphatic carbocycles. The smallest absolute Gasteiger partial charge is 0.224 e. The zero-order valence-electron chi connectivity index (χ0n) is 11.3. The fourth-order valence-corrected chi connectivity index (χ4v) is 3.68.